The zero-order valence-electron chi connectivity index (χ0n) is 9.54. The minimum atomic E-state index is -3.70. The van der Waals surface area contributed by atoms with E-state index >= 15 is 0 Å². The lowest BCUT2D eigenvalue weighted by atomic mass is 10.3. The number of aromatic nitrogens is 4. The zero-order valence-corrected chi connectivity index (χ0v) is 11.2. The van der Waals surface area contributed by atoms with Crippen molar-refractivity contribution in [3.63, 3.8) is 0 Å². The number of anilines is 1. The molecule has 0 amide bonds. The van der Waals surface area contributed by atoms with Crippen LogP contribution in [0.1, 0.15) is 12.5 Å². The van der Waals surface area contributed by atoms with Crippen LogP contribution in [0.25, 0.3) is 0 Å². The van der Waals surface area contributed by atoms with Gasteiger partial charge < -0.3 is 5.32 Å². The number of aromatic amines is 1. The lowest BCUT2D eigenvalue weighted by Gasteiger charge is -2.05. The Bertz CT molecular complexity index is 591. The van der Waals surface area contributed by atoms with Crippen LogP contribution in [0.2, 0.25) is 0 Å². The number of sulfonamides is 1. The fourth-order valence-corrected chi connectivity index (χ4v) is 3.13. The Balaban J connectivity index is 2.22. The second-order valence-electron chi connectivity index (χ2n) is 3.35. The maximum absolute atomic E-state index is 12.1. The molecule has 0 spiro atoms. The third-order valence-electron chi connectivity index (χ3n) is 2.09. The molecule has 0 aliphatic carbocycles. The van der Waals surface area contributed by atoms with E-state index in [9.17, 15) is 8.42 Å². The Kier molecular flexibility index (Phi) is 3.89. The summed E-state index contributed by atoms with van der Waals surface area (Å²) >= 11 is 1.11. The molecule has 0 saturated carbocycles. The number of hydrogen-bond donors (Lipinski definition) is 3. The molecule has 0 aliphatic heterocycles. The second kappa shape index (κ2) is 5.42. The summed E-state index contributed by atoms with van der Waals surface area (Å²) in [7, 11) is -3.70. The van der Waals surface area contributed by atoms with Crippen molar-refractivity contribution in [2.45, 2.75) is 18.5 Å². The van der Waals surface area contributed by atoms with Gasteiger partial charge in [0.15, 0.2) is 5.03 Å². The molecular formula is C8H12N6O2S2. The van der Waals surface area contributed by atoms with E-state index in [0.717, 1.165) is 17.9 Å². The van der Waals surface area contributed by atoms with Crippen LogP contribution < -0.4 is 10.0 Å². The first kappa shape index (κ1) is 12.9. The average molecular weight is 288 g/mol. The third-order valence-corrected chi connectivity index (χ3v) is 4.18. The molecule has 0 atom stereocenters. The molecule has 2 rings (SSSR count). The number of nitrogens with zero attached hydrogens (tertiary/aromatic N) is 3. The first-order chi connectivity index (χ1) is 8.63. The van der Waals surface area contributed by atoms with Gasteiger partial charge in [-0.05, 0) is 6.54 Å². The molecule has 2 heterocycles. The van der Waals surface area contributed by atoms with Gasteiger partial charge in [-0.2, -0.15) is 13.5 Å². The topological polar surface area (TPSA) is 113 Å². The molecule has 0 saturated heterocycles. The summed E-state index contributed by atoms with van der Waals surface area (Å²) in [4.78, 5) is 0. The van der Waals surface area contributed by atoms with Crippen LogP contribution in [0.3, 0.4) is 0 Å². The van der Waals surface area contributed by atoms with Gasteiger partial charge in [-0.25, -0.2) is 0 Å². The Morgan fingerprint density at radius 1 is 1.50 bits per heavy atom. The molecule has 2 aromatic rings. The molecule has 0 aromatic carbocycles. The number of rotatable bonds is 6. The summed E-state index contributed by atoms with van der Waals surface area (Å²) < 4.78 is 26.5. The predicted octanol–water partition coefficient (Wildman–Crippen LogP) is 0.171. The summed E-state index contributed by atoms with van der Waals surface area (Å²) in [5.41, 5.74) is 2.03. The number of hydrogen-bond acceptors (Lipinski definition) is 7. The van der Waals surface area contributed by atoms with Crippen LogP contribution in [0.5, 0.6) is 0 Å². The highest BCUT2D eigenvalue weighted by Gasteiger charge is 2.21. The molecular weight excluding hydrogens is 276 g/mol. The summed E-state index contributed by atoms with van der Waals surface area (Å²) in [6.07, 6.45) is 1.48. The maximum Gasteiger partial charge on any atom is 0.280 e. The monoisotopic (exact) mass is 288 g/mol. The van der Waals surface area contributed by atoms with Gasteiger partial charge in [-0.15, -0.1) is 10.2 Å². The van der Waals surface area contributed by atoms with Crippen molar-refractivity contribution in [2.24, 2.45) is 0 Å². The highest BCUT2D eigenvalue weighted by atomic mass is 32.2. The van der Waals surface area contributed by atoms with E-state index in [2.05, 4.69) is 30.4 Å². The van der Waals surface area contributed by atoms with Crippen LogP contribution in [0, 0.1) is 0 Å². The van der Waals surface area contributed by atoms with Crippen molar-refractivity contribution in [3.8, 4) is 0 Å². The van der Waals surface area contributed by atoms with Gasteiger partial charge in [0.2, 0.25) is 5.13 Å². The summed E-state index contributed by atoms with van der Waals surface area (Å²) in [5, 5.41) is 16.7. The molecule has 0 radical (unpaired) electrons. The van der Waals surface area contributed by atoms with E-state index in [1.807, 2.05) is 6.92 Å². The lowest BCUT2D eigenvalue weighted by molar-refractivity contribution is 0.594. The van der Waals surface area contributed by atoms with Crippen molar-refractivity contribution in [3.05, 3.63) is 17.3 Å². The van der Waals surface area contributed by atoms with E-state index in [-0.39, 0.29) is 10.2 Å². The SMILES string of the molecule is CCNCc1cn[nH]c1S(=O)(=O)Nc1nncs1. The summed E-state index contributed by atoms with van der Waals surface area (Å²) in [5.74, 6) is 0. The molecule has 0 fully saturated rings. The van der Waals surface area contributed by atoms with Crippen LogP contribution in [-0.2, 0) is 16.6 Å². The smallest absolute Gasteiger partial charge is 0.280 e. The standard InChI is InChI=1S/C8H12N6O2S2/c1-2-9-3-6-4-10-12-7(6)18(15,16)14-8-13-11-5-17-8/h4-5,9H,2-3H2,1H3,(H,10,12)(H,13,14). The van der Waals surface area contributed by atoms with Gasteiger partial charge in [0.05, 0.1) is 6.20 Å². The fourth-order valence-electron chi connectivity index (χ4n) is 1.30. The molecule has 98 valence electrons. The highest BCUT2D eigenvalue weighted by Crippen LogP contribution is 2.17. The molecule has 8 nitrogen and oxygen atoms in total. The van der Waals surface area contributed by atoms with Crippen molar-refractivity contribution in [1.29, 1.82) is 0 Å². The first-order valence-corrected chi connectivity index (χ1v) is 7.51. The minimum Gasteiger partial charge on any atom is -0.313 e. The zero-order chi connectivity index (χ0) is 13.0. The first-order valence-electron chi connectivity index (χ1n) is 5.15. The van der Waals surface area contributed by atoms with Crippen LogP contribution in [-0.4, -0.2) is 35.4 Å². The average Bonchev–Trinajstić information content (AvgIpc) is 2.96. The van der Waals surface area contributed by atoms with Crippen molar-refractivity contribution in [2.75, 3.05) is 11.3 Å². The van der Waals surface area contributed by atoms with Crippen molar-refractivity contribution >= 4 is 26.5 Å². The molecule has 3 N–H and O–H groups in total. The lowest BCUT2D eigenvalue weighted by Crippen LogP contribution is -2.18. The Morgan fingerprint density at radius 3 is 3.00 bits per heavy atom. The molecule has 18 heavy (non-hydrogen) atoms. The van der Waals surface area contributed by atoms with Gasteiger partial charge in [-0.1, -0.05) is 18.3 Å². The quantitative estimate of drug-likeness (QED) is 0.698. The van der Waals surface area contributed by atoms with Crippen molar-refractivity contribution in [1.82, 2.24) is 25.7 Å². The molecule has 2 aromatic heterocycles. The van der Waals surface area contributed by atoms with E-state index in [4.69, 9.17) is 0 Å². The Labute approximate surface area is 108 Å². The van der Waals surface area contributed by atoms with Crippen LogP contribution in [0.15, 0.2) is 16.7 Å². The van der Waals surface area contributed by atoms with Gasteiger partial charge in [0, 0.05) is 12.1 Å². The van der Waals surface area contributed by atoms with Crippen molar-refractivity contribution < 1.29 is 8.42 Å². The second-order valence-corrected chi connectivity index (χ2v) is 5.81. The van der Waals surface area contributed by atoms with Crippen LogP contribution in [0.4, 0.5) is 5.13 Å². The fraction of sp³-hybridized carbons (Fsp3) is 0.375. The molecule has 0 aliphatic rings. The predicted molar refractivity (Wildman–Crippen MR) is 66.7 cm³/mol. The van der Waals surface area contributed by atoms with E-state index in [1.54, 1.807) is 0 Å². The van der Waals surface area contributed by atoms with Gasteiger partial charge in [0.1, 0.15) is 5.51 Å². The normalized spacial score (nSPS) is 11.6. The van der Waals surface area contributed by atoms with Gasteiger partial charge in [0.25, 0.3) is 10.0 Å². The largest absolute Gasteiger partial charge is 0.313 e. The van der Waals surface area contributed by atoms with E-state index in [1.165, 1.54) is 11.7 Å². The molecule has 0 bridgehead atoms. The van der Waals surface area contributed by atoms with Crippen LogP contribution >= 0.6 is 11.3 Å². The van der Waals surface area contributed by atoms with E-state index < -0.39 is 10.0 Å². The maximum atomic E-state index is 12.1. The number of H-pyrrole nitrogens is 1. The minimum absolute atomic E-state index is 0.0404. The molecule has 10 heteroatoms. The Hall–Kier alpha value is -1.52. The summed E-state index contributed by atoms with van der Waals surface area (Å²) in [6.45, 7) is 3.11. The van der Waals surface area contributed by atoms with E-state index in [0.29, 0.717) is 12.1 Å². The third kappa shape index (κ3) is 2.83. The summed E-state index contributed by atoms with van der Waals surface area (Å²) in [6, 6.07) is 0. The number of nitrogens with one attached hydrogen (secondary N) is 3. The van der Waals surface area contributed by atoms with Gasteiger partial charge >= 0.3 is 0 Å². The Morgan fingerprint density at radius 2 is 2.33 bits per heavy atom. The highest BCUT2D eigenvalue weighted by molar-refractivity contribution is 7.92. The molecule has 0 unspecified atom stereocenters. The van der Waals surface area contributed by atoms with Gasteiger partial charge in [-0.3, -0.25) is 9.82 Å².